The van der Waals surface area contributed by atoms with Crippen molar-refractivity contribution in [3.8, 4) is 0 Å². The highest BCUT2D eigenvalue weighted by Gasteiger charge is 2.55. The highest BCUT2D eigenvalue weighted by Crippen LogP contribution is 2.49. The van der Waals surface area contributed by atoms with Gasteiger partial charge < -0.3 is 19.0 Å². The number of imide groups is 1. The Hall–Kier alpha value is -2.22. The van der Waals surface area contributed by atoms with Gasteiger partial charge in [-0.1, -0.05) is 5.57 Å². The van der Waals surface area contributed by atoms with Gasteiger partial charge in [-0.15, -0.1) is 0 Å². The maximum Gasteiger partial charge on any atom is 0.233 e. The number of methoxy groups -OCH3 is 1. The van der Waals surface area contributed by atoms with Crippen molar-refractivity contribution in [3.63, 3.8) is 0 Å². The maximum absolute atomic E-state index is 12.7. The first-order valence-corrected chi connectivity index (χ1v) is 10.4. The third kappa shape index (κ3) is 3.66. The molecule has 2 aliphatic heterocycles. The second kappa shape index (κ2) is 8.49. The summed E-state index contributed by atoms with van der Waals surface area (Å²) in [7, 11) is 3.24. The Labute approximate surface area is 176 Å². The lowest BCUT2D eigenvalue weighted by atomic mass is 9.69. The molecule has 4 rings (SSSR count). The summed E-state index contributed by atoms with van der Waals surface area (Å²) in [6.45, 7) is 2.87. The number of amides is 2. The Morgan fingerprint density at radius 1 is 1.30 bits per heavy atom. The molecule has 0 radical (unpaired) electrons. The number of likely N-dealkylation sites (tertiary alicyclic amines) is 1. The highest BCUT2D eigenvalue weighted by molar-refractivity contribution is 6.05. The minimum atomic E-state index is -0.306. The van der Waals surface area contributed by atoms with Gasteiger partial charge in [0.25, 0.3) is 0 Å². The summed E-state index contributed by atoms with van der Waals surface area (Å²) in [6.07, 6.45) is 4.09. The molecule has 0 saturated carbocycles. The zero-order valence-corrected chi connectivity index (χ0v) is 17.7. The van der Waals surface area contributed by atoms with Crippen LogP contribution in [0.15, 0.2) is 33.3 Å². The first-order valence-electron chi connectivity index (χ1n) is 10.4. The van der Waals surface area contributed by atoms with Crippen molar-refractivity contribution >= 4 is 17.9 Å². The number of hydrogen-bond acceptors (Lipinski definition) is 6. The summed E-state index contributed by atoms with van der Waals surface area (Å²) in [5.41, 5.74) is 3.43. The molecule has 2 saturated heterocycles. The fourth-order valence-electron chi connectivity index (χ4n) is 5.17. The van der Waals surface area contributed by atoms with E-state index in [0.29, 0.717) is 25.4 Å². The van der Waals surface area contributed by atoms with Crippen LogP contribution in [0.3, 0.4) is 0 Å². The van der Waals surface area contributed by atoms with Gasteiger partial charge in [-0.3, -0.25) is 14.5 Å². The van der Waals surface area contributed by atoms with Gasteiger partial charge in [0.1, 0.15) is 18.1 Å². The predicted octanol–water partition coefficient (Wildman–Crippen LogP) is 2.55. The zero-order chi connectivity index (χ0) is 21.4. The molecule has 1 aromatic heterocycles. The molecule has 162 valence electrons. The molecule has 7 heteroatoms. The van der Waals surface area contributed by atoms with Gasteiger partial charge in [0.15, 0.2) is 0 Å². The smallest absolute Gasteiger partial charge is 0.233 e. The average molecular weight is 415 g/mol. The van der Waals surface area contributed by atoms with Crippen molar-refractivity contribution in [2.45, 2.75) is 38.9 Å². The largest absolute Gasteiger partial charge is 0.459 e. The number of furan rings is 1. The lowest BCUT2D eigenvalue weighted by molar-refractivity contribution is -0.138. The Kier molecular flexibility index (Phi) is 5.95. The van der Waals surface area contributed by atoms with Gasteiger partial charge >= 0.3 is 0 Å². The van der Waals surface area contributed by atoms with E-state index in [-0.39, 0.29) is 42.3 Å². The molecule has 0 aromatic carbocycles. The average Bonchev–Trinajstić information content (AvgIpc) is 3.41. The van der Waals surface area contributed by atoms with Crippen LogP contribution in [0.5, 0.6) is 0 Å². The molecule has 2 fully saturated rings. The van der Waals surface area contributed by atoms with Crippen molar-refractivity contribution in [2.75, 3.05) is 27.4 Å². The van der Waals surface area contributed by atoms with Crippen molar-refractivity contribution < 1.29 is 28.6 Å². The van der Waals surface area contributed by atoms with Gasteiger partial charge in [-0.2, -0.15) is 0 Å². The topological polar surface area (TPSA) is 89.2 Å². The van der Waals surface area contributed by atoms with Crippen molar-refractivity contribution in [1.29, 1.82) is 0 Å². The molecule has 1 N–H and O–H groups in total. The van der Waals surface area contributed by atoms with Gasteiger partial charge in [0.05, 0.1) is 31.2 Å². The number of hydrogen-bond donors (Lipinski definition) is 1. The van der Waals surface area contributed by atoms with Crippen LogP contribution in [-0.2, 0) is 25.7 Å². The number of aliphatic hydroxyl groups excluding tert-OH is 1. The quantitative estimate of drug-likeness (QED) is 0.544. The Bertz CT molecular complexity index is 897. The molecule has 0 spiro atoms. The zero-order valence-electron chi connectivity index (χ0n) is 17.7. The number of carbonyl (C=O) groups excluding carboxylic acids is 2. The molecule has 7 nitrogen and oxygen atoms in total. The molecule has 0 unspecified atom stereocenters. The van der Waals surface area contributed by atoms with E-state index in [9.17, 15) is 9.59 Å². The Balaban J connectivity index is 1.51. The van der Waals surface area contributed by atoms with Crippen molar-refractivity contribution in [1.82, 2.24) is 4.90 Å². The summed E-state index contributed by atoms with van der Waals surface area (Å²) >= 11 is 0. The molecule has 30 heavy (non-hydrogen) atoms. The van der Waals surface area contributed by atoms with E-state index in [2.05, 4.69) is 0 Å². The van der Waals surface area contributed by atoms with Crippen LogP contribution in [0.4, 0.5) is 0 Å². The van der Waals surface area contributed by atoms with Gasteiger partial charge in [0, 0.05) is 20.1 Å². The third-order valence-electron chi connectivity index (χ3n) is 6.57. The minimum absolute atomic E-state index is 0.0400. The van der Waals surface area contributed by atoms with Gasteiger partial charge in [0.2, 0.25) is 11.8 Å². The number of aliphatic hydroxyl groups is 1. The van der Waals surface area contributed by atoms with E-state index in [1.807, 2.05) is 19.1 Å². The van der Waals surface area contributed by atoms with Crippen LogP contribution in [0, 0.1) is 17.8 Å². The molecule has 3 aliphatic rings. The molecule has 3 heterocycles. The summed E-state index contributed by atoms with van der Waals surface area (Å²) in [6, 6.07) is 3.61. The van der Waals surface area contributed by atoms with E-state index in [0.717, 1.165) is 29.7 Å². The number of ether oxygens (including phenoxy) is 2. The number of nitrogens with zero attached hydrogens (tertiary/aromatic N) is 1. The number of rotatable bonds is 7. The van der Waals surface area contributed by atoms with Crippen LogP contribution in [0.25, 0.3) is 6.08 Å². The molecular formula is C23H29NO6. The first kappa shape index (κ1) is 21.0. The summed E-state index contributed by atoms with van der Waals surface area (Å²) in [5, 5.41) is 9.13. The molecule has 1 aromatic rings. The first-order chi connectivity index (χ1) is 14.4. The molecule has 4 atom stereocenters. The Morgan fingerprint density at radius 2 is 2.10 bits per heavy atom. The van der Waals surface area contributed by atoms with Crippen LogP contribution >= 0.6 is 0 Å². The van der Waals surface area contributed by atoms with E-state index < -0.39 is 0 Å². The SMILES string of the molecule is COCC1=C2[C@@H](CC/C(C)=C/c3ccc(CO)o3)OC[C@@H]2[C@@H]2C(=O)N(C)C(=O)[C@@H]2C1. The lowest BCUT2D eigenvalue weighted by Gasteiger charge is -2.31. The monoisotopic (exact) mass is 415 g/mol. The van der Waals surface area contributed by atoms with Crippen molar-refractivity contribution in [3.05, 3.63) is 40.4 Å². The minimum Gasteiger partial charge on any atom is -0.459 e. The number of carbonyl (C=O) groups is 2. The van der Waals surface area contributed by atoms with Crippen LogP contribution < -0.4 is 0 Å². The number of allylic oxidation sites excluding steroid dienone is 1. The molecular weight excluding hydrogens is 386 g/mol. The summed E-state index contributed by atoms with van der Waals surface area (Å²) < 4.78 is 17.1. The second-order valence-electron chi connectivity index (χ2n) is 8.48. The fourth-order valence-corrected chi connectivity index (χ4v) is 5.17. The standard InChI is InChI=1S/C23H29NO6/c1-13(8-15-5-6-16(10-25)30-15)4-7-19-20-14(11-28-3)9-17-21(18(20)12-29-19)23(27)24(2)22(17)26/h5-6,8,17-19,21,25H,4,7,9-12H2,1-3H3/b13-8+/t17-,18+,19-,21-/m1/s1. The third-order valence-corrected chi connectivity index (χ3v) is 6.57. The van der Waals surface area contributed by atoms with Gasteiger partial charge in [-0.05, 0) is 55.5 Å². The van der Waals surface area contributed by atoms with Crippen molar-refractivity contribution in [2.24, 2.45) is 17.8 Å². The lowest BCUT2D eigenvalue weighted by Crippen LogP contribution is -2.34. The van der Waals surface area contributed by atoms with Crippen LogP contribution in [0.2, 0.25) is 0 Å². The molecule has 1 aliphatic carbocycles. The van der Waals surface area contributed by atoms with Crippen LogP contribution in [0.1, 0.15) is 37.7 Å². The fraction of sp³-hybridized carbons (Fsp3) is 0.565. The van der Waals surface area contributed by atoms with E-state index in [1.165, 1.54) is 10.5 Å². The highest BCUT2D eigenvalue weighted by atomic mass is 16.5. The maximum atomic E-state index is 12.7. The van der Waals surface area contributed by atoms with Gasteiger partial charge in [-0.25, -0.2) is 0 Å². The molecule has 2 amide bonds. The van der Waals surface area contributed by atoms with E-state index in [4.69, 9.17) is 19.0 Å². The number of fused-ring (bicyclic) bond motifs is 3. The van der Waals surface area contributed by atoms with E-state index in [1.54, 1.807) is 20.2 Å². The van der Waals surface area contributed by atoms with Crippen LogP contribution in [-0.4, -0.2) is 55.3 Å². The molecule has 0 bridgehead atoms. The summed E-state index contributed by atoms with van der Waals surface area (Å²) in [5.74, 6) is 0.469. The second-order valence-corrected chi connectivity index (χ2v) is 8.48. The normalized spacial score (nSPS) is 29.1. The van der Waals surface area contributed by atoms with E-state index >= 15 is 0 Å². The Morgan fingerprint density at radius 3 is 2.80 bits per heavy atom. The predicted molar refractivity (Wildman–Crippen MR) is 109 cm³/mol. The summed E-state index contributed by atoms with van der Waals surface area (Å²) in [4.78, 5) is 26.6.